The Morgan fingerprint density at radius 2 is 0.708 bits per heavy atom. The summed E-state index contributed by atoms with van der Waals surface area (Å²) in [6.07, 6.45) is -2.53. The van der Waals surface area contributed by atoms with Crippen molar-refractivity contribution in [1.29, 1.82) is 0 Å². The Bertz CT molecular complexity index is 795. The van der Waals surface area contributed by atoms with Crippen LogP contribution in [0.3, 0.4) is 0 Å². The Morgan fingerprint density at radius 1 is 0.458 bits per heavy atom. The van der Waals surface area contributed by atoms with Gasteiger partial charge in [-0.15, -0.1) is 0 Å². The van der Waals surface area contributed by atoms with Crippen molar-refractivity contribution in [2.45, 2.75) is 121 Å². The van der Waals surface area contributed by atoms with Crippen LogP contribution < -0.4 is 0 Å². The fourth-order valence-electron chi connectivity index (χ4n) is 5.54. The van der Waals surface area contributed by atoms with Gasteiger partial charge in [-0.1, -0.05) is 0 Å². The van der Waals surface area contributed by atoms with Gasteiger partial charge in [0.05, 0.1) is 92.5 Å². The molecule has 0 aliphatic carbocycles. The van der Waals surface area contributed by atoms with Crippen LogP contribution in [0.25, 0.3) is 0 Å². The number of aliphatic hydroxyl groups is 1. The molecular weight excluding hydrogens is 636 g/mol. The predicted molar refractivity (Wildman–Crippen MR) is 168 cm³/mol. The van der Waals surface area contributed by atoms with E-state index in [4.69, 9.17) is 66.3 Å². The summed E-state index contributed by atoms with van der Waals surface area (Å²) >= 11 is 0. The summed E-state index contributed by atoms with van der Waals surface area (Å²) in [5.41, 5.74) is 0. The number of hydrogen-bond acceptors (Lipinski definition) is 15. The van der Waals surface area contributed by atoms with Crippen LogP contribution in [0.4, 0.5) is 0 Å². The molecule has 15 heteroatoms. The summed E-state index contributed by atoms with van der Waals surface area (Å²) in [5.74, 6) is -2.53. The first-order valence-corrected chi connectivity index (χ1v) is 17.1. The highest BCUT2D eigenvalue weighted by molar-refractivity contribution is 4.74. The van der Waals surface area contributed by atoms with Gasteiger partial charge < -0.3 is 71.4 Å². The van der Waals surface area contributed by atoms with Gasteiger partial charge in [0, 0.05) is 0 Å². The van der Waals surface area contributed by atoms with E-state index in [2.05, 4.69) is 0 Å². The topological polar surface area (TPSA) is 149 Å². The molecule has 4 atom stereocenters. The molecule has 282 valence electrons. The molecule has 0 spiro atoms. The maximum atomic E-state index is 10.8. The summed E-state index contributed by atoms with van der Waals surface area (Å²) < 4.78 is 81.5. The van der Waals surface area contributed by atoms with Crippen molar-refractivity contribution >= 4 is 0 Å². The molecule has 0 amide bonds. The SMILES string of the molecule is CC1(C)OCC(COCC(COCC2COC(C)(C)O2)OCC(O)COC(COCC2COC(C)(C)O2)COCC2COC(C)(C)O2)O1. The average molecular weight is 697 g/mol. The smallest absolute Gasteiger partial charge is 0.163 e. The summed E-state index contributed by atoms with van der Waals surface area (Å²) in [4.78, 5) is 0. The van der Waals surface area contributed by atoms with Crippen molar-refractivity contribution in [2.24, 2.45) is 0 Å². The quantitative estimate of drug-likeness (QED) is 0.175. The zero-order valence-electron chi connectivity index (χ0n) is 30.1. The Labute approximate surface area is 285 Å². The molecule has 0 aromatic carbocycles. The molecule has 0 aromatic heterocycles. The van der Waals surface area contributed by atoms with Gasteiger partial charge >= 0.3 is 0 Å². The molecule has 48 heavy (non-hydrogen) atoms. The summed E-state index contributed by atoms with van der Waals surface area (Å²) in [6, 6.07) is 0. The van der Waals surface area contributed by atoms with Crippen LogP contribution in [0.15, 0.2) is 0 Å². The van der Waals surface area contributed by atoms with Crippen LogP contribution in [0.2, 0.25) is 0 Å². The van der Waals surface area contributed by atoms with E-state index >= 15 is 0 Å². The monoisotopic (exact) mass is 696 g/mol. The lowest BCUT2D eigenvalue weighted by Crippen LogP contribution is -2.36. The van der Waals surface area contributed by atoms with E-state index in [9.17, 15) is 5.11 Å². The van der Waals surface area contributed by atoms with Crippen molar-refractivity contribution in [1.82, 2.24) is 0 Å². The van der Waals surface area contributed by atoms with Crippen molar-refractivity contribution in [2.75, 3.05) is 92.5 Å². The first-order valence-electron chi connectivity index (χ1n) is 17.1. The molecule has 4 aliphatic rings. The van der Waals surface area contributed by atoms with E-state index < -0.39 is 41.5 Å². The minimum Gasteiger partial charge on any atom is -0.388 e. The summed E-state index contributed by atoms with van der Waals surface area (Å²) in [6.45, 7) is 19.1. The molecule has 0 bridgehead atoms. The van der Waals surface area contributed by atoms with Crippen LogP contribution >= 0.6 is 0 Å². The maximum Gasteiger partial charge on any atom is 0.163 e. The summed E-state index contributed by atoms with van der Waals surface area (Å²) in [5, 5.41) is 10.8. The first-order chi connectivity index (χ1) is 22.6. The van der Waals surface area contributed by atoms with E-state index in [-0.39, 0.29) is 64.1 Å². The zero-order valence-corrected chi connectivity index (χ0v) is 30.1. The van der Waals surface area contributed by atoms with Crippen molar-refractivity contribution < 1.29 is 71.4 Å². The third kappa shape index (κ3) is 14.9. The van der Waals surface area contributed by atoms with E-state index in [1.54, 1.807) is 0 Å². The zero-order chi connectivity index (χ0) is 34.8. The highest BCUT2D eigenvalue weighted by atomic mass is 16.8. The minimum atomic E-state index is -0.922. The van der Waals surface area contributed by atoms with E-state index in [0.29, 0.717) is 52.9 Å². The Balaban J connectivity index is 1.20. The van der Waals surface area contributed by atoms with Crippen LogP contribution in [0.1, 0.15) is 55.4 Å². The van der Waals surface area contributed by atoms with Crippen LogP contribution in [0, 0.1) is 0 Å². The van der Waals surface area contributed by atoms with Crippen LogP contribution in [-0.2, 0) is 66.3 Å². The number of aliphatic hydroxyl groups excluding tert-OH is 1. The maximum absolute atomic E-state index is 10.8. The molecule has 0 saturated carbocycles. The molecule has 1 N–H and O–H groups in total. The van der Waals surface area contributed by atoms with E-state index in [0.717, 1.165) is 0 Å². The van der Waals surface area contributed by atoms with Gasteiger partial charge in [-0.25, -0.2) is 0 Å². The molecule has 15 nitrogen and oxygen atoms in total. The Kier molecular flexibility index (Phi) is 15.3. The fraction of sp³-hybridized carbons (Fsp3) is 1.00. The molecule has 0 aromatic rings. The highest BCUT2D eigenvalue weighted by Gasteiger charge is 2.36. The number of hydrogen-bond donors (Lipinski definition) is 1. The Morgan fingerprint density at radius 3 is 0.917 bits per heavy atom. The molecule has 4 rings (SSSR count). The second-order valence-corrected chi connectivity index (χ2v) is 14.5. The lowest BCUT2D eigenvalue weighted by Gasteiger charge is -2.24. The molecule has 4 saturated heterocycles. The lowest BCUT2D eigenvalue weighted by molar-refractivity contribution is -0.157. The predicted octanol–water partition coefficient (Wildman–Crippen LogP) is 1.79. The van der Waals surface area contributed by atoms with Crippen molar-refractivity contribution in [3.05, 3.63) is 0 Å². The average Bonchev–Trinajstić information content (AvgIpc) is 3.74. The largest absolute Gasteiger partial charge is 0.388 e. The molecular formula is C33H60O15. The first kappa shape index (κ1) is 40.2. The van der Waals surface area contributed by atoms with Gasteiger partial charge in [0.15, 0.2) is 23.1 Å². The second kappa shape index (κ2) is 18.2. The van der Waals surface area contributed by atoms with Gasteiger partial charge in [0.1, 0.15) is 42.7 Å². The molecule has 4 fully saturated rings. The molecule has 4 aliphatic heterocycles. The lowest BCUT2D eigenvalue weighted by atomic mass is 10.3. The van der Waals surface area contributed by atoms with E-state index in [1.165, 1.54) is 0 Å². The molecule has 4 heterocycles. The van der Waals surface area contributed by atoms with Gasteiger partial charge in [-0.2, -0.15) is 0 Å². The second-order valence-electron chi connectivity index (χ2n) is 14.5. The third-order valence-corrected chi connectivity index (χ3v) is 7.75. The molecule has 4 unspecified atom stereocenters. The van der Waals surface area contributed by atoms with Gasteiger partial charge in [-0.3, -0.25) is 0 Å². The van der Waals surface area contributed by atoms with Gasteiger partial charge in [-0.05, 0) is 55.4 Å². The normalized spacial score (nSPS) is 30.9. The fourth-order valence-corrected chi connectivity index (χ4v) is 5.54. The Hall–Kier alpha value is -0.600. The van der Waals surface area contributed by atoms with Crippen molar-refractivity contribution in [3.8, 4) is 0 Å². The van der Waals surface area contributed by atoms with Gasteiger partial charge in [0.25, 0.3) is 0 Å². The van der Waals surface area contributed by atoms with Crippen molar-refractivity contribution in [3.63, 3.8) is 0 Å². The number of rotatable bonds is 22. The number of ether oxygens (including phenoxy) is 14. The highest BCUT2D eigenvalue weighted by Crippen LogP contribution is 2.25. The third-order valence-electron chi connectivity index (χ3n) is 7.75. The molecule has 0 radical (unpaired) electrons. The standard InChI is InChI=1S/C33H60O15/c1-30(2)41-19-26(45-30)15-35-11-24(12-36-16-27-20-42-31(3,4)46-27)39-9-23(34)10-40-25(13-37-17-28-21-43-32(5,6)47-28)14-38-18-29-22-44-33(7,8)48-29/h23-29,34H,9-22H2,1-8H3. The minimum absolute atomic E-state index is 0.00261. The van der Waals surface area contributed by atoms with Crippen LogP contribution in [-0.4, -0.2) is 163 Å². The van der Waals surface area contributed by atoms with Crippen LogP contribution in [0.5, 0.6) is 0 Å². The summed E-state index contributed by atoms with van der Waals surface area (Å²) in [7, 11) is 0. The van der Waals surface area contributed by atoms with Gasteiger partial charge in [0.2, 0.25) is 0 Å². The van der Waals surface area contributed by atoms with E-state index in [1.807, 2.05) is 55.4 Å².